The molecule has 4 nitrogen and oxygen atoms in total. The minimum Gasteiger partial charge on any atom is -0.483 e. The molecule has 0 aliphatic heterocycles. The number of benzene rings is 2. The van der Waals surface area contributed by atoms with Gasteiger partial charge in [0.2, 0.25) is 0 Å². The van der Waals surface area contributed by atoms with Gasteiger partial charge in [-0.15, -0.1) is 0 Å². The first-order valence-corrected chi connectivity index (χ1v) is 7.39. The molecule has 0 heterocycles. The van der Waals surface area contributed by atoms with Crippen molar-refractivity contribution in [3.63, 3.8) is 0 Å². The average molecular weight is 320 g/mol. The van der Waals surface area contributed by atoms with E-state index in [1.165, 1.54) is 0 Å². The Morgan fingerprint density at radius 3 is 2.59 bits per heavy atom. The lowest BCUT2D eigenvalue weighted by molar-refractivity contribution is -0.123. The Morgan fingerprint density at radius 1 is 1.14 bits per heavy atom. The Kier molecular flexibility index (Phi) is 6.25. The predicted molar refractivity (Wildman–Crippen MR) is 86.0 cm³/mol. The van der Waals surface area contributed by atoms with Crippen LogP contribution in [0.15, 0.2) is 48.5 Å². The van der Waals surface area contributed by atoms with Gasteiger partial charge in [0, 0.05) is 17.1 Å². The fourth-order valence-corrected chi connectivity index (χ4v) is 2.09. The lowest BCUT2D eigenvalue weighted by atomic mass is 10.1. The minimum atomic E-state index is -0.193. The average Bonchev–Trinajstić information content (AvgIpc) is 2.55. The number of hydrogen-bond donors (Lipinski definition) is 2. The van der Waals surface area contributed by atoms with E-state index in [0.29, 0.717) is 22.9 Å². The molecule has 22 heavy (non-hydrogen) atoms. The third kappa shape index (κ3) is 5.06. The van der Waals surface area contributed by atoms with Crippen LogP contribution in [0.2, 0.25) is 5.02 Å². The van der Waals surface area contributed by atoms with E-state index in [1.54, 1.807) is 18.2 Å². The number of rotatable bonds is 7. The molecule has 1 amide bonds. The molecule has 0 aliphatic carbocycles. The summed E-state index contributed by atoms with van der Waals surface area (Å²) in [6.07, 6.45) is 0.732. The second-order valence-corrected chi connectivity index (χ2v) is 5.22. The summed E-state index contributed by atoms with van der Waals surface area (Å²) in [5, 5.41) is 12.7. The van der Waals surface area contributed by atoms with Gasteiger partial charge in [-0.05, 0) is 30.2 Å². The zero-order valence-corrected chi connectivity index (χ0v) is 12.8. The van der Waals surface area contributed by atoms with Gasteiger partial charge in [0.25, 0.3) is 5.91 Å². The van der Waals surface area contributed by atoms with Gasteiger partial charge in [0.05, 0.1) is 6.61 Å². The highest BCUT2D eigenvalue weighted by Crippen LogP contribution is 2.17. The quantitative estimate of drug-likeness (QED) is 0.824. The van der Waals surface area contributed by atoms with E-state index in [2.05, 4.69) is 5.32 Å². The van der Waals surface area contributed by atoms with E-state index in [-0.39, 0.29) is 19.1 Å². The first-order chi connectivity index (χ1) is 10.7. The molecule has 5 heteroatoms. The third-order valence-electron chi connectivity index (χ3n) is 3.15. The summed E-state index contributed by atoms with van der Waals surface area (Å²) in [7, 11) is 0. The molecule has 0 bridgehead atoms. The maximum Gasteiger partial charge on any atom is 0.257 e. The number of ether oxygens (including phenoxy) is 1. The van der Waals surface area contributed by atoms with Crippen molar-refractivity contribution in [2.24, 2.45) is 0 Å². The molecule has 2 N–H and O–H groups in total. The van der Waals surface area contributed by atoms with Crippen molar-refractivity contribution in [1.82, 2.24) is 5.32 Å². The number of aliphatic hydroxyl groups is 1. The van der Waals surface area contributed by atoms with Crippen LogP contribution in [-0.4, -0.2) is 24.2 Å². The van der Waals surface area contributed by atoms with E-state index < -0.39 is 0 Å². The lowest BCUT2D eigenvalue weighted by Gasteiger charge is -2.10. The van der Waals surface area contributed by atoms with Crippen LogP contribution in [-0.2, 0) is 17.8 Å². The Labute approximate surface area is 134 Å². The second kappa shape index (κ2) is 8.41. The van der Waals surface area contributed by atoms with Crippen molar-refractivity contribution in [3.05, 3.63) is 64.7 Å². The standard InChI is InChI=1S/C17H18ClNO3/c18-15-7-5-13(6-8-15)9-10-19-17(21)12-22-16-4-2-1-3-14(16)11-20/h1-8,20H,9-12H2,(H,19,21). The van der Waals surface area contributed by atoms with E-state index >= 15 is 0 Å². The van der Waals surface area contributed by atoms with Crippen molar-refractivity contribution < 1.29 is 14.6 Å². The Morgan fingerprint density at radius 2 is 1.86 bits per heavy atom. The lowest BCUT2D eigenvalue weighted by Crippen LogP contribution is -2.30. The second-order valence-electron chi connectivity index (χ2n) is 4.78. The normalized spacial score (nSPS) is 10.3. The molecular formula is C17H18ClNO3. The molecule has 0 aliphatic rings. The maximum absolute atomic E-state index is 11.7. The van der Waals surface area contributed by atoms with E-state index in [9.17, 15) is 9.90 Å². The number of carbonyl (C=O) groups excluding carboxylic acids is 1. The fourth-order valence-electron chi connectivity index (χ4n) is 1.97. The summed E-state index contributed by atoms with van der Waals surface area (Å²) in [5.41, 5.74) is 1.77. The van der Waals surface area contributed by atoms with Gasteiger partial charge in [-0.25, -0.2) is 0 Å². The Hall–Kier alpha value is -2.04. The zero-order chi connectivity index (χ0) is 15.8. The number of amides is 1. The molecule has 0 unspecified atom stereocenters. The number of nitrogens with one attached hydrogen (secondary N) is 1. The molecule has 0 saturated carbocycles. The van der Waals surface area contributed by atoms with Gasteiger partial charge in [-0.1, -0.05) is 41.9 Å². The summed E-state index contributed by atoms with van der Waals surface area (Å²) < 4.78 is 5.42. The van der Waals surface area contributed by atoms with Gasteiger partial charge < -0.3 is 15.2 Å². The number of hydrogen-bond acceptors (Lipinski definition) is 3. The molecule has 2 aromatic rings. The summed E-state index contributed by atoms with van der Waals surface area (Å²) in [4.78, 5) is 11.7. The molecule has 2 aromatic carbocycles. The zero-order valence-electron chi connectivity index (χ0n) is 12.1. The largest absolute Gasteiger partial charge is 0.483 e. The molecule has 0 atom stereocenters. The van der Waals surface area contributed by atoms with Crippen LogP contribution in [0, 0.1) is 0 Å². The van der Waals surface area contributed by atoms with Crippen molar-refractivity contribution in [3.8, 4) is 5.75 Å². The van der Waals surface area contributed by atoms with Gasteiger partial charge in [0.15, 0.2) is 6.61 Å². The van der Waals surface area contributed by atoms with E-state index in [0.717, 1.165) is 12.0 Å². The van der Waals surface area contributed by atoms with Crippen molar-refractivity contribution in [1.29, 1.82) is 0 Å². The van der Waals surface area contributed by atoms with Crippen LogP contribution < -0.4 is 10.1 Å². The first kappa shape index (κ1) is 16.3. The number of aliphatic hydroxyl groups excluding tert-OH is 1. The highest BCUT2D eigenvalue weighted by Gasteiger charge is 2.05. The molecule has 0 aromatic heterocycles. The molecular weight excluding hydrogens is 302 g/mol. The predicted octanol–water partition coefficient (Wildman–Crippen LogP) is 2.57. The van der Waals surface area contributed by atoms with Crippen LogP contribution >= 0.6 is 11.6 Å². The van der Waals surface area contributed by atoms with Crippen LogP contribution in [0.25, 0.3) is 0 Å². The molecule has 0 fully saturated rings. The van der Waals surface area contributed by atoms with Crippen LogP contribution in [0.1, 0.15) is 11.1 Å². The van der Waals surface area contributed by atoms with E-state index in [4.69, 9.17) is 16.3 Å². The minimum absolute atomic E-state index is 0.0718. The first-order valence-electron chi connectivity index (χ1n) is 7.02. The van der Waals surface area contributed by atoms with Crippen molar-refractivity contribution in [2.45, 2.75) is 13.0 Å². The van der Waals surface area contributed by atoms with Crippen LogP contribution in [0.3, 0.4) is 0 Å². The topological polar surface area (TPSA) is 58.6 Å². The number of para-hydroxylation sites is 1. The third-order valence-corrected chi connectivity index (χ3v) is 3.40. The summed E-state index contributed by atoms with van der Waals surface area (Å²) >= 11 is 5.82. The SMILES string of the molecule is O=C(COc1ccccc1CO)NCCc1ccc(Cl)cc1. The van der Waals surface area contributed by atoms with Gasteiger partial charge in [0.1, 0.15) is 5.75 Å². The van der Waals surface area contributed by atoms with Gasteiger partial charge in [-0.2, -0.15) is 0 Å². The van der Waals surface area contributed by atoms with Gasteiger partial charge in [-0.3, -0.25) is 4.79 Å². The van der Waals surface area contributed by atoms with Crippen LogP contribution in [0.4, 0.5) is 0 Å². The highest BCUT2D eigenvalue weighted by atomic mass is 35.5. The smallest absolute Gasteiger partial charge is 0.257 e. The number of halogens is 1. The van der Waals surface area contributed by atoms with Crippen LogP contribution in [0.5, 0.6) is 5.75 Å². The highest BCUT2D eigenvalue weighted by molar-refractivity contribution is 6.30. The maximum atomic E-state index is 11.7. The van der Waals surface area contributed by atoms with Crippen molar-refractivity contribution in [2.75, 3.05) is 13.2 Å². The molecule has 0 saturated heterocycles. The summed E-state index contributed by atoms with van der Waals surface area (Å²) in [5.74, 6) is 0.333. The molecule has 0 spiro atoms. The summed E-state index contributed by atoms with van der Waals surface area (Å²) in [6.45, 7) is 0.345. The number of carbonyl (C=O) groups is 1. The fraction of sp³-hybridized carbons (Fsp3) is 0.235. The van der Waals surface area contributed by atoms with Crippen molar-refractivity contribution >= 4 is 17.5 Å². The Bertz CT molecular complexity index is 614. The molecule has 0 radical (unpaired) electrons. The van der Waals surface area contributed by atoms with E-state index in [1.807, 2.05) is 30.3 Å². The molecule has 116 valence electrons. The summed E-state index contributed by atoms with van der Waals surface area (Å²) in [6, 6.07) is 14.6. The molecule has 2 rings (SSSR count). The Balaban J connectivity index is 1.73. The monoisotopic (exact) mass is 319 g/mol. The van der Waals surface area contributed by atoms with Gasteiger partial charge >= 0.3 is 0 Å².